The van der Waals surface area contributed by atoms with Crippen LogP contribution >= 0.6 is 11.6 Å². The molecule has 2 unspecified atom stereocenters. The van der Waals surface area contributed by atoms with Gasteiger partial charge in [0.15, 0.2) is 6.10 Å². The average Bonchev–Trinajstić information content (AvgIpc) is 2.78. The lowest BCUT2D eigenvalue weighted by Crippen LogP contribution is -2.54. The minimum atomic E-state index is -0.928. The Hall–Kier alpha value is -3.10. The number of halogens is 1. The molecule has 2 aromatic rings. The fourth-order valence-electron chi connectivity index (χ4n) is 4.16. The van der Waals surface area contributed by atoms with Crippen molar-refractivity contribution in [3.63, 3.8) is 0 Å². The van der Waals surface area contributed by atoms with Gasteiger partial charge < -0.3 is 24.1 Å². The van der Waals surface area contributed by atoms with E-state index in [0.717, 1.165) is 11.1 Å². The summed E-state index contributed by atoms with van der Waals surface area (Å²) in [6, 6.07) is 12.1. The second-order valence-corrected chi connectivity index (χ2v) is 9.01. The first-order valence-electron chi connectivity index (χ1n) is 11.2. The second-order valence-electron chi connectivity index (χ2n) is 8.60. The van der Waals surface area contributed by atoms with Crippen molar-refractivity contribution in [2.45, 2.75) is 58.5 Å². The van der Waals surface area contributed by atoms with E-state index in [2.05, 4.69) is 0 Å². The summed E-state index contributed by atoms with van der Waals surface area (Å²) in [7, 11) is 0. The van der Waals surface area contributed by atoms with Crippen molar-refractivity contribution in [2.75, 3.05) is 6.61 Å². The smallest absolute Gasteiger partial charge is 0.303 e. The molecule has 0 bridgehead atoms. The Labute approximate surface area is 209 Å². The Morgan fingerprint density at radius 2 is 1.57 bits per heavy atom. The maximum absolute atomic E-state index is 12.0. The van der Waals surface area contributed by atoms with Gasteiger partial charge in [0.2, 0.25) is 0 Å². The van der Waals surface area contributed by atoms with Crippen LogP contribution in [-0.4, -0.2) is 47.9 Å². The van der Waals surface area contributed by atoms with E-state index < -0.39 is 48.2 Å². The maximum Gasteiger partial charge on any atom is 0.303 e. The molecule has 188 valence electrons. The highest BCUT2D eigenvalue weighted by Crippen LogP contribution is 2.40. The van der Waals surface area contributed by atoms with Crippen LogP contribution in [0.15, 0.2) is 42.5 Å². The number of benzene rings is 2. The number of hydrogen-bond acceptors (Lipinski definition) is 8. The van der Waals surface area contributed by atoms with Crippen molar-refractivity contribution in [3.05, 3.63) is 64.2 Å². The summed E-state index contributed by atoms with van der Waals surface area (Å²) in [6.07, 6.45) is -2.69. The highest BCUT2D eigenvalue weighted by Gasteiger charge is 2.48. The molecule has 9 heteroatoms. The van der Waals surface area contributed by atoms with Gasteiger partial charge in [-0.2, -0.15) is 0 Å². The van der Waals surface area contributed by atoms with Crippen LogP contribution in [0.2, 0.25) is 5.02 Å². The Morgan fingerprint density at radius 1 is 0.943 bits per heavy atom. The third kappa shape index (κ3) is 6.96. The molecule has 1 saturated heterocycles. The first-order chi connectivity index (χ1) is 16.5. The fraction of sp³-hybridized carbons (Fsp3) is 0.423. The molecule has 1 fully saturated rings. The minimum Gasteiger partial charge on any atom is -0.508 e. The van der Waals surface area contributed by atoms with E-state index in [1.807, 2.05) is 6.07 Å². The maximum atomic E-state index is 12.0. The first kappa shape index (κ1) is 26.5. The van der Waals surface area contributed by atoms with Gasteiger partial charge in [0, 0.05) is 31.7 Å². The molecule has 0 saturated carbocycles. The molecule has 2 aromatic carbocycles. The number of hydrogen-bond donors (Lipinski definition) is 1. The molecule has 0 aromatic heterocycles. The molecular formula is C26H29ClO8. The first-order valence-corrected chi connectivity index (χ1v) is 11.6. The molecule has 0 spiro atoms. The van der Waals surface area contributed by atoms with E-state index in [0.29, 0.717) is 17.0 Å². The van der Waals surface area contributed by atoms with Crippen LogP contribution in [0, 0.1) is 5.92 Å². The third-order valence-electron chi connectivity index (χ3n) is 5.83. The summed E-state index contributed by atoms with van der Waals surface area (Å²) in [6.45, 7) is 5.58. The number of carbonyl (C=O) groups excluding carboxylic acids is 3. The van der Waals surface area contributed by atoms with Gasteiger partial charge in [-0.05, 0) is 41.3 Å². The number of ether oxygens (including phenoxy) is 4. The molecule has 5 atom stereocenters. The molecule has 3 rings (SSSR count). The number of aromatic hydroxyl groups is 1. The minimum absolute atomic E-state index is 0.0501. The topological polar surface area (TPSA) is 108 Å². The van der Waals surface area contributed by atoms with Crippen LogP contribution in [0.25, 0.3) is 0 Å². The summed E-state index contributed by atoms with van der Waals surface area (Å²) < 4.78 is 22.7. The summed E-state index contributed by atoms with van der Waals surface area (Å²) in [4.78, 5) is 35.3. The molecule has 1 heterocycles. The van der Waals surface area contributed by atoms with Gasteiger partial charge in [0.1, 0.15) is 24.6 Å². The molecule has 1 aliphatic rings. The molecule has 0 radical (unpaired) electrons. The van der Waals surface area contributed by atoms with Gasteiger partial charge in [-0.25, -0.2) is 0 Å². The molecule has 1 aliphatic heterocycles. The van der Waals surface area contributed by atoms with Gasteiger partial charge in [0.25, 0.3) is 0 Å². The van der Waals surface area contributed by atoms with E-state index in [4.69, 9.17) is 30.5 Å². The number of phenols is 1. The summed E-state index contributed by atoms with van der Waals surface area (Å²) in [5.74, 6) is -1.81. The third-order valence-corrected chi connectivity index (χ3v) is 6.20. The van der Waals surface area contributed by atoms with Crippen LogP contribution in [0.1, 0.15) is 50.5 Å². The molecule has 0 aliphatic carbocycles. The van der Waals surface area contributed by atoms with Crippen molar-refractivity contribution in [1.29, 1.82) is 0 Å². The van der Waals surface area contributed by atoms with Crippen LogP contribution < -0.4 is 0 Å². The Bertz CT molecular complexity index is 1070. The predicted molar refractivity (Wildman–Crippen MR) is 127 cm³/mol. The largest absolute Gasteiger partial charge is 0.508 e. The van der Waals surface area contributed by atoms with Gasteiger partial charge in [-0.1, -0.05) is 42.8 Å². The van der Waals surface area contributed by atoms with Crippen molar-refractivity contribution in [1.82, 2.24) is 0 Å². The van der Waals surface area contributed by atoms with Gasteiger partial charge in [-0.15, -0.1) is 0 Å². The Morgan fingerprint density at radius 3 is 2.17 bits per heavy atom. The fourth-order valence-corrected chi connectivity index (χ4v) is 4.34. The Kier molecular flexibility index (Phi) is 8.75. The lowest BCUT2D eigenvalue weighted by atomic mass is 9.85. The average molecular weight is 505 g/mol. The van der Waals surface area contributed by atoms with Crippen molar-refractivity contribution in [2.24, 2.45) is 5.92 Å². The zero-order chi connectivity index (χ0) is 25.7. The second kappa shape index (κ2) is 11.6. The van der Waals surface area contributed by atoms with Crippen molar-refractivity contribution >= 4 is 29.5 Å². The molecule has 35 heavy (non-hydrogen) atoms. The molecular weight excluding hydrogens is 476 g/mol. The summed E-state index contributed by atoms with van der Waals surface area (Å²) in [5, 5.41) is 10.1. The number of rotatable bonds is 7. The zero-order valence-corrected chi connectivity index (χ0v) is 20.8. The van der Waals surface area contributed by atoms with E-state index in [1.165, 1.54) is 20.8 Å². The van der Waals surface area contributed by atoms with E-state index in [1.54, 1.807) is 43.3 Å². The lowest BCUT2D eigenvalue weighted by Gasteiger charge is -2.44. The standard InChI is InChI=1S/C26H29ClO8/c1-14-23(13-32-15(2)28)35-25(26(34-17(4)30)24(14)33-16(3)29)19-7-10-22(27)20(12-19)11-18-5-8-21(31)9-6-18/h5-10,12,14,23-26,31H,11,13H2,1-4H3/t14?,23-,24+,25+,26?/m1/s1. The SMILES string of the molecule is CC(=O)OC[C@H]1O[C@@H](c2ccc(Cl)c(Cc3ccc(O)cc3)c2)C(OC(C)=O)[C@@H](OC(C)=O)C1C. The number of phenolic OH excluding ortho intramolecular Hbond substituents is 1. The lowest BCUT2D eigenvalue weighted by molar-refractivity contribution is -0.232. The summed E-state index contributed by atoms with van der Waals surface area (Å²) in [5.41, 5.74) is 2.38. The number of carbonyl (C=O) groups is 3. The van der Waals surface area contributed by atoms with Crippen LogP contribution in [-0.2, 0) is 39.8 Å². The normalized spacial score (nSPS) is 23.9. The highest BCUT2D eigenvalue weighted by atomic mass is 35.5. The van der Waals surface area contributed by atoms with Crippen molar-refractivity contribution in [3.8, 4) is 5.75 Å². The quantitative estimate of drug-likeness (QED) is 0.442. The Balaban J connectivity index is 1.99. The number of esters is 3. The molecule has 8 nitrogen and oxygen atoms in total. The van der Waals surface area contributed by atoms with Crippen molar-refractivity contribution < 1.29 is 38.4 Å². The van der Waals surface area contributed by atoms with Crippen LogP contribution in [0.3, 0.4) is 0 Å². The molecule has 0 amide bonds. The van der Waals surface area contributed by atoms with Crippen LogP contribution in [0.5, 0.6) is 5.75 Å². The van der Waals surface area contributed by atoms with Crippen LogP contribution in [0.4, 0.5) is 0 Å². The zero-order valence-electron chi connectivity index (χ0n) is 20.0. The van der Waals surface area contributed by atoms with E-state index in [-0.39, 0.29) is 12.4 Å². The van der Waals surface area contributed by atoms with Gasteiger partial charge in [0.05, 0.1) is 6.10 Å². The van der Waals surface area contributed by atoms with Gasteiger partial charge >= 0.3 is 17.9 Å². The monoisotopic (exact) mass is 504 g/mol. The van der Waals surface area contributed by atoms with E-state index >= 15 is 0 Å². The summed E-state index contributed by atoms with van der Waals surface area (Å²) >= 11 is 6.47. The van der Waals surface area contributed by atoms with E-state index in [9.17, 15) is 19.5 Å². The van der Waals surface area contributed by atoms with Gasteiger partial charge in [-0.3, -0.25) is 14.4 Å². The molecule has 1 N–H and O–H groups in total. The predicted octanol–water partition coefficient (Wildman–Crippen LogP) is 4.14. The highest BCUT2D eigenvalue weighted by molar-refractivity contribution is 6.31.